The maximum atomic E-state index is 13.4. The van der Waals surface area contributed by atoms with Crippen molar-refractivity contribution in [3.63, 3.8) is 0 Å². The fraction of sp³-hybridized carbons (Fsp3) is 0.286. The number of nitriles is 1. The normalized spacial score (nSPS) is 11.0. The SMILES string of the molecule is N#C/C(=C/Nc1cc(F)ccc1F)C(=O)N(CCO)CCO. The second kappa shape index (κ2) is 8.71. The van der Waals surface area contributed by atoms with Gasteiger partial charge in [-0.15, -0.1) is 0 Å². The molecule has 22 heavy (non-hydrogen) atoms. The van der Waals surface area contributed by atoms with Gasteiger partial charge < -0.3 is 20.4 Å². The molecule has 1 amide bonds. The number of carbonyl (C=O) groups excluding carboxylic acids is 1. The van der Waals surface area contributed by atoms with Gasteiger partial charge in [-0.05, 0) is 12.1 Å². The first-order chi connectivity index (χ1) is 10.5. The second-order valence-corrected chi connectivity index (χ2v) is 4.18. The number of hydrogen-bond donors (Lipinski definition) is 3. The molecule has 0 saturated heterocycles. The van der Waals surface area contributed by atoms with Crippen molar-refractivity contribution < 1.29 is 23.8 Å². The number of amides is 1. The Labute approximate surface area is 125 Å². The number of benzene rings is 1. The van der Waals surface area contributed by atoms with Crippen LogP contribution in [0.1, 0.15) is 0 Å². The largest absolute Gasteiger partial charge is 0.395 e. The summed E-state index contributed by atoms with van der Waals surface area (Å²) in [4.78, 5) is 13.1. The quantitative estimate of drug-likeness (QED) is 0.506. The number of halogens is 2. The number of nitrogens with one attached hydrogen (secondary N) is 1. The van der Waals surface area contributed by atoms with Gasteiger partial charge in [-0.1, -0.05) is 0 Å². The summed E-state index contributed by atoms with van der Waals surface area (Å²) in [6.45, 7) is -0.799. The minimum absolute atomic E-state index is 0.0628. The molecule has 0 heterocycles. The summed E-state index contributed by atoms with van der Waals surface area (Å²) >= 11 is 0. The molecule has 6 nitrogen and oxygen atoms in total. The molecular weight excluding hydrogens is 296 g/mol. The highest BCUT2D eigenvalue weighted by molar-refractivity contribution is 5.97. The minimum Gasteiger partial charge on any atom is -0.395 e. The van der Waals surface area contributed by atoms with Crippen LogP contribution in [0.2, 0.25) is 0 Å². The van der Waals surface area contributed by atoms with Gasteiger partial charge in [0.1, 0.15) is 23.3 Å². The minimum atomic E-state index is -0.745. The molecule has 1 rings (SSSR count). The van der Waals surface area contributed by atoms with Gasteiger partial charge in [0.2, 0.25) is 0 Å². The van der Waals surface area contributed by atoms with Gasteiger partial charge in [-0.25, -0.2) is 8.78 Å². The molecule has 0 aliphatic carbocycles. The first kappa shape index (κ1) is 17.6. The van der Waals surface area contributed by atoms with Crippen LogP contribution in [0.3, 0.4) is 0 Å². The summed E-state index contributed by atoms with van der Waals surface area (Å²) in [7, 11) is 0. The molecule has 0 aliphatic rings. The standard InChI is InChI=1S/C14H15F2N3O3/c15-11-1-2-12(16)13(7-11)18-9-10(8-17)14(22)19(3-5-20)4-6-21/h1-2,7,9,18,20-21H,3-6H2/b10-9-. The lowest BCUT2D eigenvalue weighted by Gasteiger charge is -2.20. The molecule has 1 aromatic rings. The lowest BCUT2D eigenvalue weighted by molar-refractivity contribution is -0.127. The van der Waals surface area contributed by atoms with Crippen molar-refractivity contribution in [3.05, 3.63) is 41.6 Å². The highest BCUT2D eigenvalue weighted by atomic mass is 19.1. The third-order valence-corrected chi connectivity index (χ3v) is 2.68. The van der Waals surface area contributed by atoms with E-state index in [-0.39, 0.29) is 37.6 Å². The number of hydrogen-bond acceptors (Lipinski definition) is 5. The van der Waals surface area contributed by atoms with Crippen LogP contribution in [0.5, 0.6) is 0 Å². The van der Waals surface area contributed by atoms with E-state index in [1.165, 1.54) is 0 Å². The van der Waals surface area contributed by atoms with Crippen molar-refractivity contribution in [1.82, 2.24) is 4.90 Å². The second-order valence-electron chi connectivity index (χ2n) is 4.18. The van der Waals surface area contributed by atoms with Crippen molar-refractivity contribution in [2.75, 3.05) is 31.6 Å². The zero-order valence-corrected chi connectivity index (χ0v) is 11.6. The average Bonchev–Trinajstić information content (AvgIpc) is 2.50. The Morgan fingerprint density at radius 1 is 1.32 bits per heavy atom. The van der Waals surface area contributed by atoms with E-state index in [0.29, 0.717) is 0 Å². The van der Waals surface area contributed by atoms with E-state index in [2.05, 4.69) is 5.32 Å². The molecule has 0 spiro atoms. The summed E-state index contributed by atoms with van der Waals surface area (Å²) in [5.74, 6) is -2.16. The van der Waals surface area contributed by atoms with Crippen molar-refractivity contribution in [2.24, 2.45) is 0 Å². The Balaban J connectivity index is 2.92. The van der Waals surface area contributed by atoms with Gasteiger partial charge in [0.25, 0.3) is 5.91 Å². The smallest absolute Gasteiger partial charge is 0.266 e. The Hall–Kier alpha value is -2.50. The van der Waals surface area contributed by atoms with E-state index in [1.807, 2.05) is 0 Å². The summed E-state index contributed by atoms with van der Waals surface area (Å²) in [5, 5.41) is 29.1. The third-order valence-electron chi connectivity index (χ3n) is 2.68. The van der Waals surface area contributed by atoms with Crippen molar-refractivity contribution in [1.29, 1.82) is 5.26 Å². The summed E-state index contributed by atoms with van der Waals surface area (Å²) in [6, 6.07) is 4.35. The molecule has 0 saturated carbocycles. The van der Waals surface area contributed by atoms with Crippen LogP contribution in [0.25, 0.3) is 0 Å². The molecule has 3 N–H and O–H groups in total. The van der Waals surface area contributed by atoms with Crippen LogP contribution in [0, 0.1) is 23.0 Å². The van der Waals surface area contributed by atoms with Crippen LogP contribution in [-0.2, 0) is 4.79 Å². The fourth-order valence-corrected chi connectivity index (χ4v) is 1.63. The number of anilines is 1. The highest BCUT2D eigenvalue weighted by Crippen LogP contribution is 2.15. The molecule has 0 unspecified atom stereocenters. The summed E-state index contributed by atoms with van der Waals surface area (Å²) < 4.78 is 26.4. The monoisotopic (exact) mass is 311 g/mol. The Morgan fingerprint density at radius 3 is 2.50 bits per heavy atom. The highest BCUT2D eigenvalue weighted by Gasteiger charge is 2.17. The van der Waals surface area contributed by atoms with Crippen molar-refractivity contribution in [3.8, 4) is 6.07 Å². The van der Waals surface area contributed by atoms with Crippen LogP contribution in [-0.4, -0.2) is 47.3 Å². The fourth-order valence-electron chi connectivity index (χ4n) is 1.63. The van der Waals surface area contributed by atoms with E-state index in [1.54, 1.807) is 6.07 Å². The number of carbonyl (C=O) groups is 1. The molecule has 0 aliphatic heterocycles. The molecule has 118 valence electrons. The predicted molar refractivity (Wildman–Crippen MR) is 74.4 cm³/mol. The van der Waals surface area contributed by atoms with E-state index in [9.17, 15) is 13.6 Å². The lowest BCUT2D eigenvalue weighted by Crippen LogP contribution is -2.36. The van der Waals surface area contributed by atoms with Crippen molar-refractivity contribution in [2.45, 2.75) is 0 Å². The molecule has 0 fully saturated rings. The van der Waals surface area contributed by atoms with Gasteiger partial charge in [0, 0.05) is 25.4 Å². The lowest BCUT2D eigenvalue weighted by atomic mass is 10.2. The maximum absolute atomic E-state index is 13.4. The van der Waals surface area contributed by atoms with E-state index in [0.717, 1.165) is 29.3 Å². The maximum Gasteiger partial charge on any atom is 0.266 e. The first-order valence-corrected chi connectivity index (χ1v) is 6.36. The van der Waals surface area contributed by atoms with Crippen LogP contribution >= 0.6 is 0 Å². The summed E-state index contributed by atoms with van der Waals surface area (Å²) in [6.07, 6.45) is 0.946. The molecule has 0 aromatic heterocycles. The van der Waals surface area contributed by atoms with Gasteiger partial charge in [-0.3, -0.25) is 4.79 Å². The van der Waals surface area contributed by atoms with Gasteiger partial charge in [-0.2, -0.15) is 5.26 Å². The molecule has 0 atom stereocenters. The Morgan fingerprint density at radius 2 is 1.95 bits per heavy atom. The first-order valence-electron chi connectivity index (χ1n) is 6.36. The number of aliphatic hydroxyl groups is 2. The zero-order valence-electron chi connectivity index (χ0n) is 11.6. The zero-order chi connectivity index (χ0) is 16.5. The van der Waals surface area contributed by atoms with Gasteiger partial charge in [0.05, 0.1) is 18.9 Å². The predicted octanol–water partition coefficient (Wildman–Crippen LogP) is 0.597. The molecule has 0 radical (unpaired) electrons. The van der Waals surface area contributed by atoms with E-state index in [4.69, 9.17) is 15.5 Å². The van der Waals surface area contributed by atoms with Crippen LogP contribution in [0.4, 0.5) is 14.5 Å². The number of rotatable bonds is 7. The topological polar surface area (TPSA) is 96.6 Å². The molecular formula is C14H15F2N3O3. The molecule has 0 bridgehead atoms. The molecule has 8 heteroatoms. The molecule has 1 aromatic carbocycles. The Kier molecular flexibility index (Phi) is 6.95. The van der Waals surface area contributed by atoms with E-state index >= 15 is 0 Å². The van der Waals surface area contributed by atoms with Crippen molar-refractivity contribution >= 4 is 11.6 Å². The van der Waals surface area contributed by atoms with Gasteiger partial charge in [0.15, 0.2) is 0 Å². The number of aliphatic hydroxyl groups excluding tert-OH is 2. The van der Waals surface area contributed by atoms with Gasteiger partial charge >= 0.3 is 0 Å². The van der Waals surface area contributed by atoms with E-state index < -0.39 is 17.5 Å². The Bertz CT molecular complexity index is 593. The average molecular weight is 311 g/mol. The third kappa shape index (κ3) is 4.80. The van der Waals surface area contributed by atoms with Crippen LogP contribution in [0.15, 0.2) is 30.0 Å². The summed E-state index contributed by atoms with van der Waals surface area (Å²) in [5.41, 5.74) is -0.595. The van der Waals surface area contributed by atoms with Crippen LogP contribution < -0.4 is 5.32 Å². The number of nitrogens with zero attached hydrogens (tertiary/aromatic N) is 2.